The minimum atomic E-state index is -0.474. The van der Waals surface area contributed by atoms with Crippen molar-refractivity contribution in [1.29, 1.82) is 0 Å². The number of ether oxygens (including phenoxy) is 1. The summed E-state index contributed by atoms with van der Waals surface area (Å²) < 4.78 is 18.4. The molecule has 0 aromatic heterocycles. The summed E-state index contributed by atoms with van der Waals surface area (Å²) >= 11 is 5.81. The number of hydrogen-bond donors (Lipinski definition) is 1. The minimum absolute atomic E-state index is 0.0822. The fourth-order valence-electron chi connectivity index (χ4n) is 1.93. The highest BCUT2D eigenvalue weighted by atomic mass is 35.5. The zero-order valence-corrected chi connectivity index (χ0v) is 12.8. The Kier molecular flexibility index (Phi) is 6.22. The van der Waals surface area contributed by atoms with Crippen molar-refractivity contribution in [3.8, 4) is 5.75 Å². The highest BCUT2D eigenvalue weighted by Crippen LogP contribution is 2.15. The second kappa shape index (κ2) is 8.39. The topological polar surface area (TPSA) is 38.3 Å². The van der Waals surface area contributed by atoms with Crippen LogP contribution in [-0.4, -0.2) is 19.1 Å². The molecule has 0 spiro atoms. The fraction of sp³-hybridized carbons (Fsp3) is 0.235. The number of nitrogens with one attached hydrogen (secondary N) is 1. The lowest BCUT2D eigenvalue weighted by Crippen LogP contribution is -2.30. The van der Waals surface area contributed by atoms with Gasteiger partial charge in [-0.05, 0) is 42.7 Å². The highest BCUT2D eigenvalue weighted by molar-refractivity contribution is 6.30. The Morgan fingerprint density at radius 2 is 1.86 bits per heavy atom. The van der Waals surface area contributed by atoms with Crippen LogP contribution >= 0.6 is 11.6 Å². The van der Waals surface area contributed by atoms with E-state index < -0.39 is 5.82 Å². The van der Waals surface area contributed by atoms with E-state index in [1.165, 1.54) is 17.7 Å². The van der Waals surface area contributed by atoms with Gasteiger partial charge in [-0.15, -0.1) is 0 Å². The van der Waals surface area contributed by atoms with Crippen molar-refractivity contribution in [3.63, 3.8) is 0 Å². The van der Waals surface area contributed by atoms with Crippen molar-refractivity contribution < 1.29 is 13.9 Å². The summed E-state index contributed by atoms with van der Waals surface area (Å²) in [6.07, 6.45) is 1.67. The summed E-state index contributed by atoms with van der Waals surface area (Å²) in [5.41, 5.74) is 1.17. The SMILES string of the molecule is O=C(COc1ccccc1F)NCCCc1ccc(Cl)cc1. The zero-order chi connectivity index (χ0) is 15.8. The molecule has 0 atom stereocenters. The maximum atomic E-state index is 13.3. The van der Waals surface area contributed by atoms with Gasteiger partial charge >= 0.3 is 0 Å². The first-order valence-corrected chi connectivity index (χ1v) is 7.41. The van der Waals surface area contributed by atoms with Gasteiger partial charge in [-0.2, -0.15) is 0 Å². The van der Waals surface area contributed by atoms with E-state index in [0.717, 1.165) is 12.8 Å². The Hall–Kier alpha value is -2.07. The van der Waals surface area contributed by atoms with Crippen molar-refractivity contribution >= 4 is 17.5 Å². The Morgan fingerprint density at radius 1 is 1.14 bits per heavy atom. The third kappa shape index (κ3) is 5.37. The molecule has 0 saturated heterocycles. The number of amides is 1. The van der Waals surface area contributed by atoms with Gasteiger partial charge in [0, 0.05) is 11.6 Å². The molecule has 0 aliphatic rings. The van der Waals surface area contributed by atoms with Crippen molar-refractivity contribution in [3.05, 3.63) is 64.9 Å². The zero-order valence-electron chi connectivity index (χ0n) is 12.0. The van der Waals surface area contributed by atoms with Crippen LogP contribution in [0.1, 0.15) is 12.0 Å². The summed E-state index contributed by atoms with van der Waals surface area (Å²) in [4.78, 5) is 11.6. The highest BCUT2D eigenvalue weighted by Gasteiger charge is 2.05. The molecular formula is C17H17ClFNO2. The predicted octanol–water partition coefficient (Wildman–Crippen LogP) is 3.61. The van der Waals surface area contributed by atoms with Gasteiger partial charge in [0.15, 0.2) is 18.2 Å². The van der Waals surface area contributed by atoms with E-state index in [-0.39, 0.29) is 18.3 Å². The largest absolute Gasteiger partial charge is 0.481 e. The van der Waals surface area contributed by atoms with E-state index in [1.807, 2.05) is 24.3 Å². The molecule has 0 fully saturated rings. The van der Waals surface area contributed by atoms with Crippen molar-refractivity contribution in [2.45, 2.75) is 12.8 Å². The van der Waals surface area contributed by atoms with E-state index in [4.69, 9.17) is 16.3 Å². The average Bonchev–Trinajstić information content (AvgIpc) is 2.52. The Bertz CT molecular complexity index is 616. The van der Waals surface area contributed by atoms with Crippen LogP contribution in [0.3, 0.4) is 0 Å². The molecule has 1 amide bonds. The van der Waals surface area contributed by atoms with Crippen LogP contribution < -0.4 is 10.1 Å². The summed E-state index contributed by atoms with van der Waals surface area (Å²) in [5.74, 6) is -0.656. The lowest BCUT2D eigenvalue weighted by atomic mass is 10.1. The van der Waals surface area contributed by atoms with E-state index in [2.05, 4.69) is 5.32 Å². The first-order valence-electron chi connectivity index (χ1n) is 7.03. The summed E-state index contributed by atoms with van der Waals surface area (Å²) in [6, 6.07) is 13.6. The average molecular weight is 322 g/mol. The van der Waals surface area contributed by atoms with Crippen LogP contribution in [0.2, 0.25) is 5.02 Å². The smallest absolute Gasteiger partial charge is 0.257 e. The molecule has 5 heteroatoms. The number of para-hydroxylation sites is 1. The molecule has 0 aliphatic carbocycles. The van der Waals surface area contributed by atoms with Gasteiger partial charge in [0.05, 0.1) is 0 Å². The monoisotopic (exact) mass is 321 g/mol. The number of benzene rings is 2. The maximum absolute atomic E-state index is 13.3. The van der Waals surface area contributed by atoms with Gasteiger partial charge in [0.25, 0.3) is 5.91 Å². The summed E-state index contributed by atoms with van der Waals surface area (Å²) in [7, 11) is 0. The number of carbonyl (C=O) groups excluding carboxylic acids is 1. The van der Waals surface area contributed by atoms with Crippen LogP contribution in [0.15, 0.2) is 48.5 Å². The number of halogens is 2. The first kappa shape index (κ1) is 16.3. The fourth-order valence-corrected chi connectivity index (χ4v) is 2.05. The van der Waals surface area contributed by atoms with Gasteiger partial charge in [-0.1, -0.05) is 35.9 Å². The summed E-state index contributed by atoms with van der Waals surface area (Å²) in [6.45, 7) is 0.351. The number of rotatable bonds is 7. The third-order valence-electron chi connectivity index (χ3n) is 3.07. The molecule has 0 bridgehead atoms. The molecule has 0 radical (unpaired) electrons. The Labute approximate surface area is 134 Å². The van der Waals surface area contributed by atoms with Gasteiger partial charge in [-0.25, -0.2) is 4.39 Å². The Balaban J connectivity index is 1.64. The number of hydrogen-bond acceptors (Lipinski definition) is 2. The van der Waals surface area contributed by atoms with E-state index in [9.17, 15) is 9.18 Å². The lowest BCUT2D eigenvalue weighted by Gasteiger charge is -2.08. The van der Waals surface area contributed by atoms with Gasteiger partial charge < -0.3 is 10.1 Å². The molecule has 116 valence electrons. The van der Waals surface area contributed by atoms with Gasteiger partial charge in [0.1, 0.15) is 0 Å². The molecular weight excluding hydrogens is 305 g/mol. The number of carbonyl (C=O) groups is 1. The van der Waals surface area contributed by atoms with Gasteiger partial charge in [0.2, 0.25) is 0 Å². The maximum Gasteiger partial charge on any atom is 0.257 e. The van der Waals surface area contributed by atoms with E-state index in [0.29, 0.717) is 11.6 Å². The molecule has 0 heterocycles. The Morgan fingerprint density at radius 3 is 2.59 bits per heavy atom. The summed E-state index contributed by atoms with van der Waals surface area (Å²) in [5, 5.41) is 3.45. The second-order valence-corrected chi connectivity index (χ2v) is 5.24. The lowest BCUT2D eigenvalue weighted by molar-refractivity contribution is -0.123. The molecule has 2 rings (SSSR count). The van der Waals surface area contributed by atoms with Crippen LogP contribution in [0.4, 0.5) is 4.39 Å². The van der Waals surface area contributed by atoms with E-state index >= 15 is 0 Å². The van der Waals surface area contributed by atoms with Crippen LogP contribution in [-0.2, 0) is 11.2 Å². The molecule has 0 saturated carbocycles. The molecule has 3 nitrogen and oxygen atoms in total. The van der Waals surface area contributed by atoms with Crippen molar-refractivity contribution in [1.82, 2.24) is 5.32 Å². The molecule has 0 aliphatic heterocycles. The predicted molar refractivity (Wildman–Crippen MR) is 84.7 cm³/mol. The van der Waals surface area contributed by atoms with E-state index in [1.54, 1.807) is 12.1 Å². The third-order valence-corrected chi connectivity index (χ3v) is 3.33. The standard InChI is InChI=1S/C17H17ClFNO2/c18-14-9-7-13(8-10-14)4-3-11-20-17(21)12-22-16-6-2-1-5-15(16)19/h1-2,5-10H,3-4,11-12H2,(H,20,21). The molecule has 2 aromatic rings. The van der Waals surface area contributed by atoms with Crippen LogP contribution in [0.5, 0.6) is 5.75 Å². The van der Waals surface area contributed by atoms with Gasteiger partial charge in [-0.3, -0.25) is 4.79 Å². The first-order chi connectivity index (χ1) is 10.6. The molecule has 22 heavy (non-hydrogen) atoms. The van der Waals surface area contributed by atoms with Crippen molar-refractivity contribution in [2.24, 2.45) is 0 Å². The minimum Gasteiger partial charge on any atom is -0.481 e. The molecule has 1 N–H and O–H groups in total. The van der Waals surface area contributed by atoms with Crippen molar-refractivity contribution in [2.75, 3.05) is 13.2 Å². The normalized spacial score (nSPS) is 10.3. The second-order valence-electron chi connectivity index (χ2n) is 4.80. The quantitative estimate of drug-likeness (QED) is 0.791. The van der Waals surface area contributed by atoms with Crippen LogP contribution in [0.25, 0.3) is 0 Å². The number of aryl methyl sites for hydroxylation is 1. The van der Waals surface area contributed by atoms with Crippen LogP contribution in [0, 0.1) is 5.82 Å². The molecule has 2 aromatic carbocycles. The molecule has 0 unspecified atom stereocenters.